The molecule has 8 nitrogen and oxygen atoms in total. The highest BCUT2D eigenvalue weighted by atomic mass is 35.5. The molecule has 4 atom stereocenters. The Morgan fingerprint density at radius 3 is 2.46 bits per heavy atom. The summed E-state index contributed by atoms with van der Waals surface area (Å²) in [6.45, 7) is 10.3. The third-order valence-corrected chi connectivity index (χ3v) is 9.44. The Balaban J connectivity index is 1.76. The van der Waals surface area contributed by atoms with E-state index >= 15 is 0 Å². The summed E-state index contributed by atoms with van der Waals surface area (Å²) in [4.78, 5) is 16.9. The molecule has 0 bridgehead atoms. The third kappa shape index (κ3) is 6.31. The summed E-state index contributed by atoms with van der Waals surface area (Å²) in [5, 5.41) is 14.8. The Morgan fingerprint density at radius 1 is 1.26 bits per heavy atom. The molecule has 0 aromatic heterocycles. The van der Waals surface area contributed by atoms with Gasteiger partial charge >= 0.3 is 0 Å². The van der Waals surface area contributed by atoms with Crippen molar-refractivity contribution in [1.29, 1.82) is 0 Å². The zero-order chi connectivity index (χ0) is 26.1. The summed E-state index contributed by atoms with van der Waals surface area (Å²) < 4.78 is 25.3. The minimum Gasteiger partial charge on any atom is -0.374 e. The zero-order valence-electron chi connectivity index (χ0n) is 21.8. The molecule has 2 N–H and O–H groups in total. The van der Waals surface area contributed by atoms with Crippen molar-refractivity contribution in [2.75, 3.05) is 44.4 Å². The molecule has 1 aromatic rings. The number of hydrogen-bond donors (Lipinski definition) is 2. The summed E-state index contributed by atoms with van der Waals surface area (Å²) in [5.41, 5.74) is 2.57. The SMILES string of the molecule is CCN(c1cc(Cl)cc(C(O)NCC2C(=O)N(C)C(C)CC2C)c1C)C1CCN(S(C)(=O)=O)CC1. The van der Waals surface area contributed by atoms with Crippen molar-refractivity contribution in [3.63, 3.8) is 0 Å². The Labute approximate surface area is 215 Å². The number of benzene rings is 1. The zero-order valence-corrected chi connectivity index (χ0v) is 23.4. The van der Waals surface area contributed by atoms with Gasteiger partial charge in [0.25, 0.3) is 0 Å². The van der Waals surface area contributed by atoms with E-state index < -0.39 is 16.3 Å². The number of piperidine rings is 2. The van der Waals surface area contributed by atoms with Crippen molar-refractivity contribution < 1.29 is 18.3 Å². The lowest BCUT2D eigenvalue weighted by atomic mass is 9.83. The van der Waals surface area contributed by atoms with Crippen LogP contribution in [0.25, 0.3) is 0 Å². The normalized spacial score (nSPS) is 25.7. The fourth-order valence-electron chi connectivity index (χ4n) is 5.60. The van der Waals surface area contributed by atoms with Gasteiger partial charge in [-0.1, -0.05) is 18.5 Å². The molecule has 2 heterocycles. The van der Waals surface area contributed by atoms with E-state index in [1.54, 1.807) is 11.0 Å². The second kappa shape index (κ2) is 11.3. The van der Waals surface area contributed by atoms with Crippen molar-refractivity contribution >= 4 is 33.2 Å². The second-order valence-electron chi connectivity index (χ2n) is 10.2. The first-order valence-corrected chi connectivity index (χ1v) is 14.8. The number of anilines is 1. The molecule has 1 amide bonds. The Morgan fingerprint density at radius 2 is 1.89 bits per heavy atom. The molecule has 35 heavy (non-hydrogen) atoms. The van der Waals surface area contributed by atoms with Gasteiger partial charge in [-0.2, -0.15) is 0 Å². The van der Waals surface area contributed by atoms with Crippen LogP contribution in [-0.4, -0.2) is 80.2 Å². The maximum absolute atomic E-state index is 12.8. The predicted octanol–water partition coefficient (Wildman–Crippen LogP) is 2.98. The van der Waals surface area contributed by atoms with Crippen molar-refractivity contribution in [2.24, 2.45) is 11.8 Å². The van der Waals surface area contributed by atoms with Crippen LogP contribution >= 0.6 is 11.6 Å². The van der Waals surface area contributed by atoms with E-state index in [4.69, 9.17) is 11.6 Å². The first kappa shape index (κ1) is 28.2. The maximum Gasteiger partial charge on any atom is 0.227 e. The highest BCUT2D eigenvalue weighted by molar-refractivity contribution is 7.88. The number of carbonyl (C=O) groups excluding carboxylic acids is 1. The van der Waals surface area contributed by atoms with Gasteiger partial charge in [-0.05, 0) is 63.6 Å². The minimum atomic E-state index is -3.18. The lowest BCUT2D eigenvalue weighted by Crippen LogP contribution is -2.50. The van der Waals surface area contributed by atoms with Crippen LogP contribution in [0.15, 0.2) is 12.1 Å². The fourth-order valence-corrected chi connectivity index (χ4v) is 6.69. The second-order valence-corrected chi connectivity index (χ2v) is 12.7. The molecule has 0 aliphatic carbocycles. The van der Waals surface area contributed by atoms with Gasteiger partial charge in [0.15, 0.2) is 0 Å². The highest BCUT2D eigenvalue weighted by Crippen LogP contribution is 2.34. The third-order valence-electron chi connectivity index (χ3n) is 7.92. The van der Waals surface area contributed by atoms with Crippen LogP contribution in [0.5, 0.6) is 0 Å². The number of carbonyl (C=O) groups is 1. The molecule has 0 spiro atoms. The number of nitrogens with one attached hydrogen (secondary N) is 1. The van der Waals surface area contributed by atoms with Gasteiger partial charge in [-0.15, -0.1) is 0 Å². The monoisotopic (exact) mass is 528 g/mol. The van der Waals surface area contributed by atoms with E-state index in [-0.39, 0.29) is 29.8 Å². The number of aliphatic hydroxyl groups is 1. The quantitative estimate of drug-likeness (QED) is 0.504. The molecular weight excluding hydrogens is 488 g/mol. The molecule has 4 unspecified atom stereocenters. The van der Waals surface area contributed by atoms with Crippen molar-refractivity contribution in [3.8, 4) is 0 Å². The number of hydrogen-bond acceptors (Lipinski definition) is 6. The van der Waals surface area contributed by atoms with Crippen LogP contribution in [0.3, 0.4) is 0 Å². The number of amides is 1. The molecule has 10 heteroatoms. The van der Waals surface area contributed by atoms with Gasteiger partial charge in [-0.25, -0.2) is 12.7 Å². The Hall–Kier alpha value is -1.39. The number of nitrogens with zero attached hydrogens (tertiary/aromatic N) is 3. The minimum absolute atomic E-state index is 0.108. The Bertz CT molecular complexity index is 1010. The van der Waals surface area contributed by atoms with E-state index in [2.05, 4.69) is 31.0 Å². The van der Waals surface area contributed by atoms with Crippen molar-refractivity contribution in [3.05, 3.63) is 28.3 Å². The average molecular weight is 529 g/mol. The van der Waals surface area contributed by atoms with E-state index in [9.17, 15) is 18.3 Å². The molecule has 1 aromatic carbocycles. The lowest BCUT2D eigenvalue weighted by Gasteiger charge is -2.40. The molecule has 2 fully saturated rings. The summed E-state index contributed by atoms with van der Waals surface area (Å²) in [7, 11) is -1.34. The van der Waals surface area contributed by atoms with Gasteiger partial charge < -0.3 is 14.9 Å². The fraction of sp³-hybridized carbons (Fsp3) is 0.720. The number of likely N-dealkylation sites (tertiary alicyclic amines) is 1. The van der Waals surface area contributed by atoms with Crippen LogP contribution in [0.2, 0.25) is 5.02 Å². The molecule has 0 radical (unpaired) electrons. The highest BCUT2D eigenvalue weighted by Gasteiger charge is 2.36. The van der Waals surface area contributed by atoms with Crippen molar-refractivity contribution in [2.45, 2.75) is 65.3 Å². The first-order valence-electron chi connectivity index (χ1n) is 12.5. The molecule has 2 aliphatic rings. The van der Waals surface area contributed by atoms with Gasteiger partial charge in [0.1, 0.15) is 6.23 Å². The van der Waals surface area contributed by atoms with Crippen LogP contribution in [-0.2, 0) is 14.8 Å². The smallest absolute Gasteiger partial charge is 0.227 e. The molecule has 2 saturated heterocycles. The van der Waals surface area contributed by atoms with E-state index in [1.165, 1.54) is 10.6 Å². The lowest BCUT2D eigenvalue weighted by molar-refractivity contribution is -0.142. The van der Waals surface area contributed by atoms with Crippen LogP contribution in [0.1, 0.15) is 57.4 Å². The molecule has 3 rings (SSSR count). The van der Waals surface area contributed by atoms with E-state index in [0.29, 0.717) is 30.2 Å². The predicted molar refractivity (Wildman–Crippen MR) is 141 cm³/mol. The standard InChI is InChI=1S/C25H41ClN4O4S/c1-7-30(20-8-10-29(11-9-20)35(6,33)34)23-14-19(26)13-21(18(23)4)24(31)27-15-22-16(2)12-17(3)28(5)25(22)32/h13-14,16-17,20,22,24,27,31H,7-12,15H2,1-6H3. The largest absolute Gasteiger partial charge is 0.374 e. The molecule has 0 saturated carbocycles. The van der Waals surface area contributed by atoms with Crippen LogP contribution in [0, 0.1) is 18.8 Å². The number of halogens is 1. The first-order chi connectivity index (χ1) is 16.3. The molecule has 2 aliphatic heterocycles. The number of rotatable bonds is 8. The summed E-state index contributed by atoms with van der Waals surface area (Å²) in [6, 6.07) is 4.10. The topological polar surface area (TPSA) is 93.2 Å². The van der Waals surface area contributed by atoms with Gasteiger partial charge in [-0.3, -0.25) is 10.1 Å². The average Bonchev–Trinajstić information content (AvgIpc) is 2.79. The summed E-state index contributed by atoms with van der Waals surface area (Å²) in [6.07, 6.45) is 2.71. The molecular formula is C25H41ClN4O4S. The summed E-state index contributed by atoms with van der Waals surface area (Å²) in [5.74, 6) is 0.159. The van der Waals surface area contributed by atoms with Gasteiger partial charge in [0.2, 0.25) is 15.9 Å². The van der Waals surface area contributed by atoms with E-state index in [0.717, 1.165) is 37.1 Å². The number of aliphatic hydroxyl groups excluding tert-OH is 1. The number of sulfonamides is 1. The van der Waals surface area contributed by atoms with Crippen LogP contribution < -0.4 is 10.2 Å². The van der Waals surface area contributed by atoms with Crippen molar-refractivity contribution in [1.82, 2.24) is 14.5 Å². The van der Waals surface area contributed by atoms with Crippen LogP contribution in [0.4, 0.5) is 5.69 Å². The Kier molecular flexibility index (Phi) is 9.13. The maximum atomic E-state index is 12.8. The van der Waals surface area contributed by atoms with Gasteiger partial charge in [0.05, 0.1) is 12.2 Å². The van der Waals surface area contributed by atoms with Gasteiger partial charge in [0, 0.05) is 61.6 Å². The molecule has 198 valence electrons. The summed E-state index contributed by atoms with van der Waals surface area (Å²) >= 11 is 6.51. The van der Waals surface area contributed by atoms with E-state index in [1.807, 2.05) is 20.0 Å².